The van der Waals surface area contributed by atoms with Crippen LogP contribution in [0.5, 0.6) is 0 Å². The van der Waals surface area contributed by atoms with Crippen LogP contribution >= 0.6 is 11.8 Å². The second-order valence-corrected chi connectivity index (χ2v) is 8.28. The average Bonchev–Trinajstić information content (AvgIpc) is 2.61. The Balaban J connectivity index is 1.51. The first-order valence-corrected chi connectivity index (χ1v) is 9.65. The summed E-state index contributed by atoms with van der Waals surface area (Å²) in [6.07, 6.45) is 3.74. The maximum Gasteiger partial charge on any atom is 0.254 e. The SMILES string of the molecule is CC1Sc2ccc(C(=O)N3CCN4CCCCC4C3)cc2NC1=O. The second kappa shape index (κ2) is 6.41. The van der Waals surface area contributed by atoms with E-state index in [0.29, 0.717) is 11.6 Å². The van der Waals surface area contributed by atoms with Gasteiger partial charge in [0, 0.05) is 36.1 Å². The van der Waals surface area contributed by atoms with Crippen LogP contribution in [0.4, 0.5) is 5.69 Å². The van der Waals surface area contributed by atoms with Gasteiger partial charge in [0.05, 0.1) is 10.9 Å². The van der Waals surface area contributed by atoms with E-state index < -0.39 is 0 Å². The van der Waals surface area contributed by atoms with Crippen LogP contribution in [-0.4, -0.2) is 59.1 Å². The van der Waals surface area contributed by atoms with Crippen molar-refractivity contribution in [2.75, 3.05) is 31.5 Å². The third-order valence-electron chi connectivity index (χ3n) is 5.28. The number of anilines is 1. The Morgan fingerprint density at radius 2 is 2.12 bits per heavy atom. The number of nitrogens with zero attached hydrogens (tertiary/aromatic N) is 2. The number of fused-ring (bicyclic) bond motifs is 2. The molecule has 0 bridgehead atoms. The Morgan fingerprint density at radius 3 is 3.00 bits per heavy atom. The van der Waals surface area contributed by atoms with Crippen molar-refractivity contribution in [3.05, 3.63) is 23.8 Å². The minimum absolute atomic E-state index is 0.00733. The largest absolute Gasteiger partial charge is 0.336 e. The summed E-state index contributed by atoms with van der Waals surface area (Å²) in [6.45, 7) is 5.67. The number of piperidine rings is 1. The molecule has 4 rings (SSSR count). The Hall–Kier alpha value is -1.53. The lowest BCUT2D eigenvalue weighted by atomic mass is 9.99. The Labute approximate surface area is 146 Å². The summed E-state index contributed by atoms with van der Waals surface area (Å²) >= 11 is 1.55. The summed E-state index contributed by atoms with van der Waals surface area (Å²) in [7, 11) is 0. The van der Waals surface area contributed by atoms with Gasteiger partial charge in [0.2, 0.25) is 5.91 Å². The van der Waals surface area contributed by atoms with E-state index in [9.17, 15) is 9.59 Å². The Bertz CT molecular complexity index is 678. The van der Waals surface area contributed by atoms with E-state index in [-0.39, 0.29) is 17.1 Å². The molecular weight excluding hydrogens is 322 g/mol. The number of thioether (sulfide) groups is 1. The Kier molecular flexibility index (Phi) is 4.26. The van der Waals surface area contributed by atoms with Crippen molar-refractivity contribution in [2.45, 2.75) is 42.4 Å². The van der Waals surface area contributed by atoms with Crippen LogP contribution in [0.15, 0.2) is 23.1 Å². The van der Waals surface area contributed by atoms with E-state index in [4.69, 9.17) is 0 Å². The molecule has 2 fully saturated rings. The molecule has 1 N–H and O–H groups in total. The zero-order valence-electron chi connectivity index (χ0n) is 14.0. The standard InChI is InChI=1S/C18H23N3O2S/c1-12-17(22)19-15-10-13(5-6-16(15)24-12)18(23)21-9-8-20-7-3-2-4-14(20)11-21/h5-6,10,12,14H,2-4,7-9,11H2,1H3,(H,19,22). The highest BCUT2D eigenvalue weighted by Gasteiger charge is 2.32. The first kappa shape index (κ1) is 16.0. The molecule has 6 heteroatoms. The molecule has 3 heterocycles. The normalized spacial score (nSPS) is 27.2. The summed E-state index contributed by atoms with van der Waals surface area (Å²) in [5.41, 5.74) is 1.44. The molecule has 3 aliphatic heterocycles. The molecule has 3 aliphatic rings. The highest BCUT2D eigenvalue weighted by molar-refractivity contribution is 8.00. The quantitative estimate of drug-likeness (QED) is 0.849. The van der Waals surface area contributed by atoms with Crippen LogP contribution in [0.3, 0.4) is 0 Å². The van der Waals surface area contributed by atoms with Crippen LogP contribution in [0.2, 0.25) is 0 Å². The third-order valence-corrected chi connectivity index (χ3v) is 6.46. The summed E-state index contributed by atoms with van der Waals surface area (Å²) in [4.78, 5) is 30.3. The Morgan fingerprint density at radius 1 is 1.25 bits per heavy atom. The minimum Gasteiger partial charge on any atom is -0.336 e. The number of nitrogens with one attached hydrogen (secondary N) is 1. The molecule has 0 aromatic heterocycles. The van der Waals surface area contributed by atoms with Crippen molar-refractivity contribution >= 4 is 29.3 Å². The summed E-state index contributed by atoms with van der Waals surface area (Å²) in [6, 6.07) is 6.21. The van der Waals surface area contributed by atoms with Gasteiger partial charge >= 0.3 is 0 Å². The first-order valence-electron chi connectivity index (χ1n) is 8.77. The lowest BCUT2D eigenvalue weighted by Gasteiger charge is -2.44. The summed E-state index contributed by atoms with van der Waals surface area (Å²) < 4.78 is 0. The number of rotatable bonds is 1. The second-order valence-electron chi connectivity index (χ2n) is 6.90. The zero-order valence-corrected chi connectivity index (χ0v) is 14.8. The van der Waals surface area contributed by atoms with E-state index in [2.05, 4.69) is 10.2 Å². The molecule has 2 atom stereocenters. The number of carbonyl (C=O) groups is 2. The topological polar surface area (TPSA) is 52.7 Å². The molecule has 1 aromatic rings. The van der Waals surface area contributed by atoms with Crippen molar-refractivity contribution in [1.29, 1.82) is 0 Å². The average molecular weight is 345 g/mol. The van der Waals surface area contributed by atoms with Gasteiger partial charge in [-0.3, -0.25) is 14.5 Å². The fraction of sp³-hybridized carbons (Fsp3) is 0.556. The van der Waals surface area contributed by atoms with E-state index in [1.54, 1.807) is 11.8 Å². The van der Waals surface area contributed by atoms with Crippen LogP contribution in [0.25, 0.3) is 0 Å². The van der Waals surface area contributed by atoms with Gasteiger partial charge in [0.15, 0.2) is 0 Å². The lowest BCUT2D eigenvalue weighted by molar-refractivity contribution is -0.115. The molecule has 0 spiro atoms. The van der Waals surface area contributed by atoms with Crippen molar-refractivity contribution < 1.29 is 9.59 Å². The number of carbonyl (C=O) groups excluding carboxylic acids is 2. The molecule has 24 heavy (non-hydrogen) atoms. The number of piperazine rings is 1. The highest BCUT2D eigenvalue weighted by atomic mass is 32.2. The zero-order chi connectivity index (χ0) is 16.7. The summed E-state index contributed by atoms with van der Waals surface area (Å²) in [5.74, 6) is 0.0915. The van der Waals surface area contributed by atoms with Crippen LogP contribution in [-0.2, 0) is 4.79 Å². The van der Waals surface area contributed by atoms with Gasteiger partial charge in [-0.2, -0.15) is 0 Å². The molecule has 2 amide bonds. The van der Waals surface area contributed by atoms with Gasteiger partial charge in [-0.25, -0.2) is 0 Å². The molecule has 0 saturated carbocycles. The van der Waals surface area contributed by atoms with Gasteiger partial charge in [-0.15, -0.1) is 11.8 Å². The third kappa shape index (κ3) is 2.93. The molecule has 128 valence electrons. The minimum atomic E-state index is -0.0848. The van der Waals surface area contributed by atoms with Crippen LogP contribution < -0.4 is 5.32 Å². The molecule has 0 aliphatic carbocycles. The predicted molar refractivity (Wildman–Crippen MR) is 95.5 cm³/mol. The van der Waals surface area contributed by atoms with Crippen molar-refractivity contribution in [3.63, 3.8) is 0 Å². The number of hydrogen-bond acceptors (Lipinski definition) is 4. The number of amides is 2. The van der Waals surface area contributed by atoms with Crippen molar-refractivity contribution in [1.82, 2.24) is 9.80 Å². The van der Waals surface area contributed by atoms with Gasteiger partial charge < -0.3 is 10.2 Å². The van der Waals surface area contributed by atoms with E-state index in [1.165, 1.54) is 25.8 Å². The molecule has 1 aromatic carbocycles. The monoisotopic (exact) mass is 345 g/mol. The fourth-order valence-electron chi connectivity index (χ4n) is 3.86. The maximum absolute atomic E-state index is 12.9. The van der Waals surface area contributed by atoms with Gasteiger partial charge in [0.1, 0.15) is 0 Å². The van der Waals surface area contributed by atoms with Gasteiger partial charge in [-0.05, 0) is 44.5 Å². The van der Waals surface area contributed by atoms with E-state index >= 15 is 0 Å². The predicted octanol–water partition coefficient (Wildman–Crippen LogP) is 2.43. The maximum atomic E-state index is 12.9. The number of benzene rings is 1. The molecule has 2 unspecified atom stereocenters. The van der Waals surface area contributed by atoms with E-state index in [0.717, 1.165) is 30.2 Å². The van der Waals surface area contributed by atoms with Crippen molar-refractivity contribution in [2.24, 2.45) is 0 Å². The number of hydrogen-bond donors (Lipinski definition) is 1. The van der Waals surface area contributed by atoms with Crippen LogP contribution in [0, 0.1) is 0 Å². The molecule has 5 nitrogen and oxygen atoms in total. The van der Waals surface area contributed by atoms with Gasteiger partial charge in [-0.1, -0.05) is 6.42 Å². The lowest BCUT2D eigenvalue weighted by Crippen LogP contribution is -2.56. The molecule has 2 saturated heterocycles. The van der Waals surface area contributed by atoms with Crippen LogP contribution in [0.1, 0.15) is 36.5 Å². The highest BCUT2D eigenvalue weighted by Crippen LogP contribution is 2.36. The first-order chi connectivity index (χ1) is 11.6. The molecular formula is C18H23N3O2S. The molecule has 0 radical (unpaired) electrons. The van der Waals surface area contributed by atoms with Crippen molar-refractivity contribution in [3.8, 4) is 0 Å². The summed E-state index contributed by atoms with van der Waals surface area (Å²) in [5, 5.41) is 2.83. The fourth-order valence-corrected chi connectivity index (χ4v) is 4.80. The van der Waals surface area contributed by atoms with E-state index in [1.807, 2.05) is 30.0 Å². The van der Waals surface area contributed by atoms with Gasteiger partial charge in [0.25, 0.3) is 5.91 Å². The smallest absolute Gasteiger partial charge is 0.254 e.